The van der Waals surface area contributed by atoms with Crippen LogP contribution < -0.4 is 10.6 Å². The number of benzene rings is 1. The molecule has 5 nitrogen and oxygen atoms in total. The lowest BCUT2D eigenvalue weighted by Crippen LogP contribution is -2.38. The van der Waals surface area contributed by atoms with Gasteiger partial charge in [0.15, 0.2) is 0 Å². The Morgan fingerprint density at radius 2 is 2.25 bits per heavy atom. The number of anilines is 1. The second-order valence-electron chi connectivity index (χ2n) is 4.81. The molecule has 0 saturated carbocycles. The lowest BCUT2D eigenvalue weighted by atomic mass is 10.2. The summed E-state index contributed by atoms with van der Waals surface area (Å²) in [6.07, 6.45) is 1.09. The zero-order valence-electron chi connectivity index (χ0n) is 12.3. The summed E-state index contributed by atoms with van der Waals surface area (Å²) in [5, 5.41) is 14.3. The molecule has 0 spiro atoms. The van der Waals surface area contributed by atoms with Gasteiger partial charge < -0.3 is 15.5 Å². The molecule has 2 amide bonds. The Bertz CT molecular complexity index is 481. The Morgan fingerprint density at radius 1 is 1.50 bits per heavy atom. The van der Waals surface area contributed by atoms with Gasteiger partial charge in [0.05, 0.1) is 11.6 Å². The van der Waals surface area contributed by atoms with E-state index < -0.39 is 0 Å². The summed E-state index contributed by atoms with van der Waals surface area (Å²) in [7, 11) is 2.05. The minimum absolute atomic E-state index is 0.252. The first-order chi connectivity index (χ1) is 9.56. The molecule has 1 aromatic carbocycles. The van der Waals surface area contributed by atoms with Crippen molar-refractivity contribution in [2.24, 2.45) is 0 Å². The summed E-state index contributed by atoms with van der Waals surface area (Å²) < 4.78 is 0. The van der Waals surface area contributed by atoms with Crippen molar-refractivity contribution < 1.29 is 4.79 Å². The van der Waals surface area contributed by atoms with Crippen LogP contribution in [0.15, 0.2) is 24.3 Å². The van der Waals surface area contributed by atoms with Crippen LogP contribution in [0.25, 0.3) is 0 Å². The molecular formula is C15H22N4O. The standard InChI is InChI=1S/C15H22N4O/c1-4-12(2)19(3)9-8-17-15(20)18-14-7-5-6-13(10-14)11-16/h5-7,10,12H,4,8-9H2,1-3H3,(H2,17,18,20). The average Bonchev–Trinajstić information content (AvgIpc) is 2.46. The molecular weight excluding hydrogens is 252 g/mol. The van der Waals surface area contributed by atoms with Gasteiger partial charge in [0.2, 0.25) is 0 Å². The lowest BCUT2D eigenvalue weighted by Gasteiger charge is -2.23. The number of hydrogen-bond donors (Lipinski definition) is 2. The van der Waals surface area contributed by atoms with Gasteiger partial charge in [-0.3, -0.25) is 0 Å². The first-order valence-corrected chi connectivity index (χ1v) is 6.82. The maximum Gasteiger partial charge on any atom is 0.319 e. The summed E-state index contributed by atoms with van der Waals surface area (Å²) in [6.45, 7) is 5.70. The number of nitrogens with zero attached hydrogens (tertiary/aromatic N) is 2. The van der Waals surface area contributed by atoms with E-state index in [4.69, 9.17) is 5.26 Å². The van der Waals surface area contributed by atoms with E-state index in [-0.39, 0.29) is 6.03 Å². The highest BCUT2D eigenvalue weighted by Crippen LogP contribution is 2.09. The van der Waals surface area contributed by atoms with E-state index in [0.29, 0.717) is 23.8 Å². The van der Waals surface area contributed by atoms with E-state index in [1.54, 1.807) is 24.3 Å². The van der Waals surface area contributed by atoms with E-state index in [0.717, 1.165) is 13.0 Å². The SMILES string of the molecule is CCC(C)N(C)CCNC(=O)Nc1cccc(C#N)c1. The highest BCUT2D eigenvalue weighted by Gasteiger charge is 2.07. The van der Waals surface area contributed by atoms with E-state index >= 15 is 0 Å². The molecule has 0 aromatic heterocycles. The number of nitriles is 1. The molecule has 0 aliphatic heterocycles. The fourth-order valence-corrected chi connectivity index (χ4v) is 1.72. The monoisotopic (exact) mass is 274 g/mol. The fraction of sp³-hybridized carbons (Fsp3) is 0.467. The molecule has 0 radical (unpaired) electrons. The van der Waals surface area contributed by atoms with Crippen LogP contribution in [0, 0.1) is 11.3 Å². The van der Waals surface area contributed by atoms with Crippen LogP contribution in [-0.4, -0.2) is 37.1 Å². The molecule has 1 atom stereocenters. The van der Waals surface area contributed by atoms with Crippen LogP contribution in [0.3, 0.4) is 0 Å². The Balaban J connectivity index is 2.35. The molecule has 0 heterocycles. The molecule has 1 rings (SSSR count). The second-order valence-corrected chi connectivity index (χ2v) is 4.81. The third kappa shape index (κ3) is 5.29. The molecule has 0 saturated heterocycles. The van der Waals surface area contributed by atoms with Crippen LogP contribution in [0.1, 0.15) is 25.8 Å². The van der Waals surface area contributed by atoms with Crippen LogP contribution in [0.2, 0.25) is 0 Å². The molecule has 5 heteroatoms. The van der Waals surface area contributed by atoms with Gasteiger partial charge in [0, 0.05) is 24.8 Å². The third-order valence-corrected chi connectivity index (χ3v) is 3.34. The average molecular weight is 274 g/mol. The Kier molecular flexibility index (Phi) is 6.54. The summed E-state index contributed by atoms with van der Waals surface area (Å²) in [6, 6.07) is 9.13. The highest BCUT2D eigenvalue weighted by molar-refractivity contribution is 5.89. The molecule has 2 N–H and O–H groups in total. The van der Waals surface area contributed by atoms with Crippen molar-refractivity contribution in [2.45, 2.75) is 26.3 Å². The number of carbonyl (C=O) groups is 1. The van der Waals surface area contributed by atoms with Gasteiger partial charge in [-0.25, -0.2) is 4.79 Å². The zero-order valence-corrected chi connectivity index (χ0v) is 12.3. The number of likely N-dealkylation sites (N-methyl/N-ethyl adjacent to an activating group) is 1. The van der Waals surface area contributed by atoms with Crippen LogP contribution in [0.5, 0.6) is 0 Å². The van der Waals surface area contributed by atoms with Crippen LogP contribution in [-0.2, 0) is 0 Å². The number of rotatable bonds is 6. The molecule has 1 unspecified atom stereocenters. The van der Waals surface area contributed by atoms with Gasteiger partial charge in [-0.15, -0.1) is 0 Å². The zero-order chi connectivity index (χ0) is 15.0. The second kappa shape index (κ2) is 8.18. The van der Waals surface area contributed by atoms with Gasteiger partial charge >= 0.3 is 6.03 Å². The Morgan fingerprint density at radius 3 is 2.90 bits per heavy atom. The van der Waals surface area contributed by atoms with Crippen molar-refractivity contribution in [1.82, 2.24) is 10.2 Å². The molecule has 0 aliphatic carbocycles. The van der Waals surface area contributed by atoms with Crippen molar-refractivity contribution in [3.05, 3.63) is 29.8 Å². The molecule has 20 heavy (non-hydrogen) atoms. The van der Waals surface area contributed by atoms with Gasteiger partial charge in [-0.2, -0.15) is 5.26 Å². The summed E-state index contributed by atoms with van der Waals surface area (Å²) in [5.41, 5.74) is 1.15. The maximum absolute atomic E-state index is 11.7. The normalized spacial score (nSPS) is 11.8. The van der Waals surface area contributed by atoms with E-state index in [9.17, 15) is 4.79 Å². The molecule has 108 valence electrons. The predicted molar refractivity (Wildman–Crippen MR) is 80.6 cm³/mol. The largest absolute Gasteiger partial charge is 0.337 e. The lowest BCUT2D eigenvalue weighted by molar-refractivity contribution is 0.238. The fourth-order valence-electron chi connectivity index (χ4n) is 1.72. The van der Waals surface area contributed by atoms with Crippen molar-refractivity contribution >= 4 is 11.7 Å². The summed E-state index contributed by atoms with van der Waals surface area (Å²) >= 11 is 0. The highest BCUT2D eigenvalue weighted by atomic mass is 16.2. The quantitative estimate of drug-likeness (QED) is 0.837. The van der Waals surface area contributed by atoms with E-state index in [1.807, 2.05) is 13.1 Å². The van der Waals surface area contributed by atoms with Crippen LogP contribution in [0.4, 0.5) is 10.5 Å². The predicted octanol–water partition coefficient (Wildman–Crippen LogP) is 2.41. The number of hydrogen-bond acceptors (Lipinski definition) is 3. The van der Waals surface area contributed by atoms with E-state index in [1.165, 1.54) is 0 Å². The molecule has 0 fully saturated rings. The number of nitrogens with one attached hydrogen (secondary N) is 2. The first-order valence-electron chi connectivity index (χ1n) is 6.82. The minimum Gasteiger partial charge on any atom is -0.337 e. The van der Waals surface area contributed by atoms with Gasteiger partial charge in [0.25, 0.3) is 0 Å². The van der Waals surface area contributed by atoms with E-state index in [2.05, 4.69) is 29.4 Å². The van der Waals surface area contributed by atoms with Crippen molar-refractivity contribution in [2.75, 3.05) is 25.5 Å². The maximum atomic E-state index is 11.7. The number of amides is 2. The molecule has 0 aliphatic rings. The van der Waals surface area contributed by atoms with Crippen molar-refractivity contribution in [3.8, 4) is 6.07 Å². The van der Waals surface area contributed by atoms with Crippen molar-refractivity contribution in [1.29, 1.82) is 5.26 Å². The minimum atomic E-state index is -0.252. The third-order valence-electron chi connectivity index (χ3n) is 3.34. The Labute approximate surface area is 120 Å². The topological polar surface area (TPSA) is 68.2 Å². The summed E-state index contributed by atoms with van der Waals surface area (Å²) in [5.74, 6) is 0. The summed E-state index contributed by atoms with van der Waals surface area (Å²) in [4.78, 5) is 13.9. The number of urea groups is 1. The molecule has 1 aromatic rings. The number of carbonyl (C=O) groups excluding carboxylic acids is 1. The van der Waals surface area contributed by atoms with Gasteiger partial charge in [0.1, 0.15) is 0 Å². The smallest absolute Gasteiger partial charge is 0.319 e. The molecule has 0 bridgehead atoms. The van der Waals surface area contributed by atoms with Gasteiger partial charge in [-0.05, 0) is 38.6 Å². The Hall–Kier alpha value is -2.06. The van der Waals surface area contributed by atoms with Crippen molar-refractivity contribution in [3.63, 3.8) is 0 Å². The van der Waals surface area contributed by atoms with Crippen LogP contribution >= 0.6 is 0 Å². The first kappa shape index (κ1) is 16.0. The van der Waals surface area contributed by atoms with Gasteiger partial charge in [-0.1, -0.05) is 13.0 Å².